The summed E-state index contributed by atoms with van der Waals surface area (Å²) in [6, 6.07) is 6.53. The Kier molecular flexibility index (Phi) is 7.32. The van der Waals surface area contributed by atoms with Crippen molar-refractivity contribution in [2.45, 2.75) is 39.3 Å². The van der Waals surface area contributed by atoms with E-state index in [1.165, 1.54) is 18.3 Å². The second-order valence-electron chi connectivity index (χ2n) is 6.05. The number of thiazole rings is 1. The summed E-state index contributed by atoms with van der Waals surface area (Å²) >= 11 is 7.51. The van der Waals surface area contributed by atoms with Crippen LogP contribution in [-0.4, -0.2) is 35.0 Å². The molecule has 0 unspecified atom stereocenters. The SMILES string of the molecule is CC(C)NC(=O)NC(=O)[C@@H](C)OC(=O)Cc1csc(-c2ccccc2Cl)n1. The molecule has 0 saturated carbocycles. The number of nitrogens with zero attached hydrogens (tertiary/aromatic N) is 1. The molecule has 1 heterocycles. The van der Waals surface area contributed by atoms with E-state index in [1.807, 2.05) is 18.2 Å². The number of imide groups is 1. The molecule has 1 aromatic heterocycles. The van der Waals surface area contributed by atoms with E-state index in [0.29, 0.717) is 15.7 Å². The maximum absolute atomic E-state index is 12.0. The van der Waals surface area contributed by atoms with E-state index in [1.54, 1.807) is 25.3 Å². The molecule has 3 amide bonds. The third-order valence-corrected chi connectivity index (χ3v) is 4.57. The van der Waals surface area contributed by atoms with Gasteiger partial charge in [-0.2, -0.15) is 0 Å². The number of ether oxygens (including phenoxy) is 1. The predicted octanol–water partition coefficient (Wildman–Crippen LogP) is 3.17. The van der Waals surface area contributed by atoms with Crippen molar-refractivity contribution in [3.8, 4) is 10.6 Å². The number of carbonyl (C=O) groups excluding carboxylic acids is 3. The van der Waals surface area contributed by atoms with Crippen molar-refractivity contribution in [1.82, 2.24) is 15.6 Å². The fourth-order valence-electron chi connectivity index (χ4n) is 2.10. The van der Waals surface area contributed by atoms with Crippen molar-refractivity contribution in [1.29, 1.82) is 0 Å². The zero-order valence-corrected chi connectivity index (χ0v) is 16.7. The molecule has 9 heteroatoms. The van der Waals surface area contributed by atoms with Gasteiger partial charge in [0.15, 0.2) is 6.10 Å². The summed E-state index contributed by atoms with van der Waals surface area (Å²) in [6.07, 6.45) is -1.19. The monoisotopic (exact) mass is 409 g/mol. The lowest BCUT2D eigenvalue weighted by molar-refractivity contribution is -0.153. The van der Waals surface area contributed by atoms with Gasteiger partial charge >= 0.3 is 12.0 Å². The van der Waals surface area contributed by atoms with Gasteiger partial charge in [0.05, 0.1) is 17.1 Å². The molecule has 7 nitrogen and oxygen atoms in total. The van der Waals surface area contributed by atoms with Crippen LogP contribution >= 0.6 is 22.9 Å². The number of halogens is 1. The topological polar surface area (TPSA) is 97.4 Å². The largest absolute Gasteiger partial charge is 0.452 e. The molecule has 144 valence electrons. The van der Waals surface area contributed by atoms with Crippen LogP contribution in [0.15, 0.2) is 29.6 Å². The van der Waals surface area contributed by atoms with Crippen LogP contribution < -0.4 is 10.6 Å². The highest BCUT2D eigenvalue weighted by atomic mass is 35.5. The van der Waals surface area contributed by atoms with Crippen molar-refractivity contribution in [3.05, 3.63) is 40.4 Å². The summed E-state index contributed by atoms with van der Waals surface area (Å²) in [5, 5.41) is 7.64. The van der Waals surface area contributed by atoms with Crippen LogP contribution in [0.5, 0.6) is 0 Å². The Morgan fingerprint density at radius 3 is 2.59 bits per heavy atom. The lowest BCUT2D eigenvalue weighted by Crippen LogP contribution is -2.46. The van der Waals surface area contributed by atoms with Crippen molar-refractivity contribution in [3.63, 3.8) is 0 Å². The number of nitrogens with one attached hydrogen (secondary N) is 2. The van der Waals surface area contributed by atoms with Crippen molar-refractivity contribution in [2.24, 2.45) is 0 Å². The summed E-state index contributed by atoms with van der Waals surface area (Å²) in [6.45, 7) is 4.92. The number of hydrogen-bond acceptors (Lipinski definition) is 6. The van der Waals surface area contributed by atoms with E-state index in [-0.39, 0.29) is 12.5 Å². The van der Waals surface area contributed by atoms with Crippen LogP contribution in [0, 0.1) is 0 Å². The highest BCUT2D eigenvalue weighted by Crippen LogP contribution is 2.30. The minimum atomic E-state index is -1.10. The molecule has 0 fully saturated rings. The Morgan fingerprint density at radius 2 is 1.93 bits per heavy atom. The molecule has 0 radical (unpaired) electrons. The molecule has 0 bridgehead atoms. The van der Waals surface area contributed by atoms with Gasteiger partial charge in [0.1, 0.15) is 5.01 Å². The number of aromatic nitrogens is 1. The Balaban J connectivity index is 1.89. The number of esters is 1. The molecule has 1 aromatic carbocycles. The molecule has 27 heavy (non-hydrogen) atoms. The molecular formula is C18H20ClN3O4S. The molecule has 0 spiro atoms. The van der Waals surface area contributed by atoms with E-state index >= 15 is 0 Å². The fourth-order valence-corrected chi connectivity index (χ4v) is 3.24. The van der Waals surface area contributed by atoms with Gasteiger partial charge in [0.25, 0.3) is 5.91 Å². The number of carbonyl (C=O) groups is 3. The van der Waals surface area contributed by atoms with Gasteiger partial charge < -0.3 is 10.1 Å². The van der Waals surface area contributed by atoms with Crippen LogP contribution in [-0.2, 0) is 20.7 Å². The zero-order valence-electron chi connectivity index (χ0n) is 15.1. The van der Waals surface area contributed by atoms with E-state index < -0.39 is 24.0 Å². The number of hydrogen-bond donors (Lipinski definition) is 2. The molecular weight excluding hydrogens is 390 g/mol. The lowest BCUT2D eigenvalue weighted by Gasteiger charge is -2.14. The summed E-state index contributed by atoms with van der Waals surface area (Å²) < 4.78 is 5.07. The van der Waals surface area contributed by atoms with Crippen LogP contribution in [0.4, 0.5) is 4.79 Å². The number of amides is 3. The second kappa shape index (κ2) is 9.48. The number of urea groups is 1. The molecule has 0 aliphatic heterocycles. The van der Waals surface area contributed by atoms with E-state index in [0.717, 1.165) is 5.56 Å². The first kappa shape index (κ1) is 20.9. The molecule has 1 atom stereocenters. The van der Waals surface area contributed by atoms with E-state index in [9.17, 15) is 14.4 Å². The normalized spacial score (nSPS) is 11.7. The molecule has 0 aliphatic carbocycles. The molecule has 2 rings (SSSR count). The van der Waals surface area contributed by atoms with Crippen molar-refractivity contribution >= 4 is 40.8 Å². The average molecular weight is 410 g/mol. The third-order valence-electron chi connectivity index (χ3n) is 3.32. The van der Waals surface area contributed by atoms with E-state index in [2.05, 4.69) is 15.6 Å². The van der Waals surface area contributed by atoms with E-state index in [4.69, 9.17) is 16.3 Å². The zero-order chi connectivity index (χ0) is 20.0. The fraction of sp³-hybridized carbons (Fsp3) is 0.333. The standard InChI is InChI=1S/C18H20ClN3O4S/c1-10(2)20-18(25)22-16(24)11(3)26-15(23)8-12-9-27-17(21-12)13-6-4-5-7-14(13)19/h4-7,9-11H,8H2,1-3H3,(H2,20,22,24,25)/t11-/m1/s1. The van der Waals surface area contributed by atoms with Crippen LogP contribution in [0.3, 0.4) is 0 Å². The van der Waals surface area contributed by atoms with Crippen LogP contribution in [0.1, 0.15) is 26.5 Å². The molecule has 0 aliphatic rings. The minimum Gasteiger partial charge on any atom is -0.452 e. The predicted molar refractivity (Wildman–Crippen MR) is 104 cm³/mol. The first-order valence-corrected chi connectivity index (χ1v) is 9.52. The van der Waals surface area contributed by atoms with Gasteiger partial charge in [-0.3, -0.25) is 14.9 Å². The minimum absolute atomic E-state index is 0.0865. The first-order chi connectivity index (χ1) is 12.8. The lowest BCUT2D eigenvalue weighted by atomic mass is 10.2. The van der Waals surface area contributed by atoms with Crippen LogP contribution in [0.25, 0.3) is 10.6 Å². The molecule has 0 saturated heterocycles. The Morgan fingerprint density at radius 1 is 1.22 bits per heavy atom. The summed E-state index contributed by atoms with van der Waals surface area (Å²) in [5.41, 5.74) is 1.30. The van der Waals surface area contributed by atoms with Crippen LogP contribution in [0.2, 0.25) is 5.02 Å². The smallest absolute Gasteiger partial charge is 0.321 e. The highest BCUT2D eigenvalue weighted by molar-refractivity contribution is 7.13. The highest BCUT2D eigenvalue weighted by Gasteiger charge is 2.21. The van der Waals surface area contributed by atoms with Gasteiger partial charge in [-0.05, 0) is 26.8 Å². The maximum atomic E-state index is 12.0. The van der Waals surface area contributed by atoms with Crippen molar-refractivity contribution < 1.29 is 19.1 Å². The third kappa shape index (κ3) is 6.33. The molecule has 2 N–H and O–H groups in total. The Hall–Kier alpha value is -2.45. The van der Waals surface area contributed by atoms with Gasteiger partial charge in [-0.1, -0.05) is 29.8 Å². The van der Waals surface area contributed by atoms with Gasteiger partial charge in [-0.25, -0.2) is 9.78 Å². The molecule has 2 aromatic rings. The van der Waals surface area contributed by atoms with Gasteiger partial charge in [0.2, 0.25) is 0 Å². The Labute approximate surface area is 166 Å². The number of benzene rings is 1. The first-order valence-electron chi connectivity index (χ1n) is 8.26. The maximum Gasteiger partial charge on any atom is 0.321 e. The van der Waals surface area contributed by atoms with Crippen molar-refractivity contribution in [2.75, 3.05) is 0 Å². The summed E-state index contributed by atoms with van der Waals surface area (Å²) in [5.74, 6) is -1.31. The average Bonchev–Trinajstić information content (AvgIpc) is 3.02. The Bertz CT molecular complexity index is 838. The second-order valence-corrected chi connectivity index (χ2v) is 7.32. The van der Waals surface area contributed by atoms with Gasteiger partial charge in [0, 0.05) is 17.0 Å². The van der Waals surface area contributed by atoms with Gasteiger partial charge in [-0.15, -0.1) is 11.3 Å². The quantitative estimate of drug-likeness (QED) is 0.714. The summed E-state index contributed by atoms with van der Waals surface area (Å²) in [4.78, 5) is 39.8. The number of rotatable bonds is 6. The summed E-state index contributed by atoms with van der Waals surface area (Å²) in [7, 11) is 0.